The summed E-state index contributed by atoms with van der Waals surface area (Å²) in [6, 6.07) is 10.8. The van der Waals surface area contributed by atoms with E-state index in [-0.39, 0.29) is 17.5 Å². The number of amides is 2. The van der Waals surface area contributed by atoms with Gasteiger partial charge >= 0.3 is 6.03 Å². The summed E-state index contributed by atoms with van der Waals surface area (Å²) in [4.78, 5) is 16.3. The number of benzene rings is 1. The van der Waals surface area contributed by atoms with Crippen molar-refractivity contribution in [3.05, 3.63) is 29.8 Å². The van der Waals surface area contributed by atoms with E-state index in [1.807, 2.05) is 34.1 Å². The molecule has 2 heterocycles. The van der Waals surface area contributed by atoms with Crippen LogP contribution in [0.3, 0.4) is 0 Å². The molecule has 0 bridgehead atoms. The maximum atomic E-state index is 12.5. The number of fused-ring (bicyclic) bond motifs is 1. The lowest BCUT2D eigenvalue weighted by Crippen LogP contribution is -2.49. The van der Waals surface area contributed by atoms with Crippen molar-refractivity contribution in [1.82, 2.24) is 10.2 Å². The summed E-state index contributed by atoms with van der Waals surface area (Å²) in [5.74, 6) is 0. The molecular weight excluding hydrogens is 264 g/mol. The van der Waals surface area contributed by atoms with Gasteiger partial charge in [0.15, 0.2) is 0 Å². The molecule has 21 heavy (non-hydrogen) atoms. The Hall–Kier alpha value is -2.06. The van der Waals surface area contributed by atoms with Crippen LogP contribution < -0.4 is 10.2 Å². The Bertz CT molecular complexity index is 614. The third-order valence-corrected chi connectivity index (χ3v) is 4.92. The Kier molecular flexibility index (Phi) is 2.69. The van der Waals surface area contributed by atoms with Gasteiger partial charge in [0.2, 0.25) is 0 Å². The minimum Gasteiger partial charge on any atom is -0.317 e. The molecule has 1 aromatic carbocycles. The zero-order valence-electron chi connectivity index (χ0n) is 11.9. The van der Waals surface area contributed by atoms with E-state index in [0.717, 1.165) is 50.3 Å². The van der Waals surface area contributed by atoms with Gasteiger partial charge < -0.3 is 10.2 Å². The standard InChI is InChI=1S/C16H18N4O/c17-11-16(5-6-16)12-1-3-13(4-2-12)20-10-14-9-18-7-8-19(14)15(20)21/h1-4,14,18H,5-10H2. The van der Waals surface area contributed by atoms with Gasteiger partial charge in [0.05, 0.1) is 17.5 Å². The van der Waals surface area contributed by atoms with E-state index in [9.17, 15) is 10.1 Å². The van der Waals surface area contributed by atoms with Gasteiger partial charge in [-0.25, -0.2) is 4.79 Å². The van der Waals surface area contributed by atoms with Crippen LogP contribution in [0.25, 0.3) is 0 Å². The molecule has 108 valence electrons. The van der Waals surface area contributed by atoms with Gasteiger partial charge in [0.25, 0.3) is 0 Å². The molecule has 3 aliphatic rings. The van der Waals surface area contributed by atoms with Gasteiger partial charge in [-0.1, -0.05) is 12.1 Å². The molecule has 1 aromatic rings. The summed E-state index contributed by atoms with van der Waals surface area (Å²) in [5.41, 5.74) is 1.77. The Labute approximate surface area is 124 Å². The van der Waals surface area contributed by atoms with E-state index in [0.29, 0.717) is 0 Å². The second-order valence-electron chi connectivity index (χ2n) is 6.19. The Balaban J connectivity index is 1.57. The number of nitrogens with zero attached hydrogens (tertiary/aromatic N) is 3. The van der Waals surface area contributed by atoms with Crippen molar-refractivity contribution < 1.29 is 4.79 Å². The smallest absolute Gasteiger partial charge is 0.317 e. The summed E-state index contributed by atoms with van der Waals surface area (Å²) >= 11 is 0. The minimum absolute atomic E-state index is 0.107. The number of hydrogen-bond acceptors (Lipinski definition) is 3. The van der Waals surface area contributed by atoms with Crippen LogP contribution in [-0.4, -0.2) is 43.2 Å². The molecule has 0 spiro atoms. The number of urea groups is 1. The zero-order chi connectivity index (χ0) is 14.4. The van der Waals surface area contributed by atoms with Crippen molar-refractivity contribution in [3.8, 4) is 6.07 Å². The predicted molar refractivity (Wildman–Crippen MR) is 79.1 cm³/mol. The van der Waals surface area contributed by atoms with Crippen LogP contribution in [0.5, 0.6) is 0 Å². The molecule has 2 amide bonds. The van der Waals surface area contributed by atoms with E-state index in [4.69, 9.17) is 0 Å². The van der Waals surface area contributed by atoms with Crippen LogP contribution in [0.15, 0.2) is 24.3 Å². The SMILES string of the molecule is N#CC1(c2ccc(N3CC4CNCCN4C3=O)cc2)CC1. The highest BCUT2D eigenvalue weighted by Crippen LogP contribution is 2.47. The average Bonchev–Trinajstić information content (AvgIpc) is 3.27. The highest BCUT2D eigenvalue weighted by Gasteiger charge is 2.45. The summed E-state index contributed by atoms with van der Waals surface area (Å²) in [6.45, 7) is 3.28. The summed E-state index contributed by atoms with van der Waals surface area (Å²) in [6.07, 6.45) is 1.90. The lowest BCUT2D eigenvalue weighted by atomic mass is 9.97. The third kappa shape index (κ3) is 1.90. The third-order valence-electron chi connectivity index (χ3n) is 4.92. The molecule has 1 aliphatic carbocycles. The van der Waals surface area contributed by atoms with Crippen LogP contribution in [0, 0.1) is 11.3 Å². The first-order valence-electron chi connectivity index (χ1n) is 7.54. The number of anilines is 1. The molecule has 5 nitrogen and oxygen atoms in total. The highest BCUT2D eigenvalue weighted by molar-refractivity contribution is 5.94. The minimum atomic E-state index is -0.255. The van der Waals surface area contributed by atoms with Crippen LogP contribution in [0.4, 0.5) is 10.5 Å². The van der Waals surface area contributed by atoms with Gasteiger partial charge in [-0.3, -0.25) is 4.90 Å². The van der Waals surface area contributed by atoms with E-state index < -0.39 is 0 Å². The summed E-state index contributed by atoms with van der Waals surface area (Å²) < 4.78 is 0. The molecule has 2 saturated heterocycles. The van der Waals surface area contributed by atoms with E-state index in [1.165, 1.54) is 0 Å². The van der Waals surface area contributed by atoms with Crippen molar-refractivity contribution in [2.75, 3.05) is 31.1 Å². The quantitative estimate of drug-likeness (QED) is 0.893. The van der Waals surface area contributed by atoms with E-state index in [2.05, 4.69) is 11.4 Å². The Morgan fingerprint density at radius 2 is 2.05 bits per heavy atom. The van der Waals surface area contributed by atoms with E-state index in [1.54, 1.807) is 0 Å². The Morgan fingerprint density at radius 1 is 1.29 bits per heavy atom. The number of carbonyl (C=O) groups excluding carboxylic acids is 1. The number of hydrogen-bond donors (Lipinski definition) is 1. The van der Waals surface area contributed by atoms with Crippen LogP contribution in [0.1, 0.15) is 18.4 Å². The molecule has 1 unspecified atom stereocenters. The fraction of sp³-hybridized carbons (Fsp3) is 0.500. The van der Waals surface area contributed by atoms with Gasteiger partial charge in [-0.05, 0) is 30.5 Å². The van der Waals surface area contributed by atoms with Gasteiger partial charge in [0, 0.05) is 31.9 Å². The first-order chi connectivity index (χ1) is 10.2. The van der Waals surface area contributed by atoms with Crippen LogP contribution in [0.2, 0.25) is 0 Å². The molecule has 0 aromatic heterocycles. The normalized spacial score (nSPS) is 26.4. The number of piperazine rings is 1. The number of rotatable bonds is 2. The molecule has 0 radical (unpaired) electrons. The van der Waals surface area contributed by atoms with Crippen molar-refractivity contribution >= 4 is 11.7 Å². The predicted octanol–water partition coefficient (Wildman–Crippen LogP) is 1.46. The topological polar surface area (TPSA) is 59.4 Å². The molecule has 1 atom stereocenters. The first kappa shape index (κ1) is 12.7. The molecule has 5 heteroatoms. The average molecular weight is 282 g/mol. The first-order valence-corrected chi connectivity index (χ1v) is 7.54. The van der Waals surface area contributed by atoms with Crippen molar-refractivity contribution in [2.45, 2.75) is 24.3 Å². The summed E-state index contributed by atoms with van der Waals surface area (Å²) in [7, 11) is 0. The molecule has 1 saturated carbocycles. The van der Waals surface area contributed by atoms with Gasteiger partial charge in [-0.15, -0.1) is 0 Å². The number of nitrogens with one attached hydrogen (secondary N) is 1. The lowest BCUT2D eigenvalue weighted by Gasteiger charge is -2.28. The maximum Gasteiger partial charge on any atom is 0.324 e. The van der Waals surface area contributed by atoms with E-state index >= 15 is 0 Å². The molecule has 4 rings (SSSR count). The fourth-order valence-electron chi connectivity index (χ4n) is 3.39. The molecule has 1 N–H and O–H groups in total. The molecule has 3 fully saturated rings. The lowest BCUT2D eigenvalue weighted by molar-refractivity contribution is 0.193. The van der Waals surface area contributed by atoms with Crippen molar-refractivity contribution in [3.63, 3.8) is 0 Å². The van der Waals surface area contributed by atoms with Gasteiger partial charge in [-0.2, -0.15) is 5.26 Å². The molecular formula is C16H18N4O. The van der Waals surface area contributed by atoms with Crippen LogP contribution in [-0.2, 0) is 5.41 Å². The maximum absolute atomic E-state index is 12.5. The van der Waals surface area contributed by atoms with Crippen molar-refractivity contribution in [2.24, 2.45) is 0 Å². The zero-order valence-corrected chi connectivity index (χ0v) is 11.9. The second kappa shape index (κ2) is 4.47. The summed E-state index contributed by atoms with van der Waals surface area (Å²) in [5, 5.41) is 12.6. The fourth-order valence-corrected chi connectivity index (χ4v) is 3.39. The monoisotopic (exact) mass is 282 g/mol. The van der Waals surface area contributed by atoms with Gasteiger partial charge in [0.1, 0.15) is 0 Å². The molecule has 2 aliphatic heterocycles. The van der Waals surface area contributed by atoms with Crippen LogP contribution >= 0.6 is 0 Å². The van der Waals surface area contributed by atoms with Crippen molar-refractivity contribution in [1.29, 1.82) is 5.26 Å². The second-order valence-corrected chi connectivity index (χ2v) is 6.19. The largest absolute Gasteiger partial charge is 0.324 e. The highest BCUT2D eigenvalue weighted by atomic mass is 16.2. The number of carbonyl (C=O) groups is 1. The number of nitriles is 1. The Morgan fingerprint density at radius 3 is 2.67 bits per heavy atom.